The van der Waals surface area contributed by atoms with Crippen LogP contribution < -0.4 is 15.6 Å². The Morgan fingerprint density at radius 2 is 2.03 bits per heavy atom. The molecule has 2 N–H and O–H groups in total. The number of nitrogens with zero attached hydrogens (tertiary/aromatic N) is 2. The van der Waals surface area contributed by atoms with Crippen LogP contribution in [-0.4, -0.2) is 51.9 Å². The average Bonchev–Trinajstić information content (AvgIpc) is 2.81. The highest BCUT2D eigenvalue weighted by Crippen LogP contribution is 2.40. The number of carbonyl (C=O) groups is 1. The molecule has 3 heterocycles. The largest absolute Gasteiger partial charge is 0.489 e. The van der Waals surface area contributed by atoms with Gasteiger partial charge in [0.05, 0.1) is 24.3 Å². The van der Waals surface area contributed by atoms with Gasteiger partial charge in [0.15, 0.2) is 0 Å². The molecule has 9 heteroatoms. The number of piperidine rings is 1. The van der Waals surface area contributed by atoms with Gasteiger partial charge in [-0.15, -0.1) is 0 Å². The number of likely N-dealkylation sites (tertiary alicyclic amines) is 1. The standard InChI is InChI=1S/C24H30F2N4O3/c1-16(30-12-11-24(25,26)20(15-30)17-7-10-22(31)28-13-17)23(32)29-21-9-8-19(14-27-21)33-18-5-3-2-4-6-18/h7-10,13-14,16,18,20H,2-6,11-12,15H2,1H3,(H,28,31)(H,27,29,32). The zero-order chi connectivity index (χ0) is 23.4. The maximum Gasteiger partial charge on any atom is 0.257 e. The predicted octanol–water partition coefficient (Wildman–Crippen LogP) is 3.93. The van der Waals surface area contributed by atoms with Crippen LogP contribution in [0.25, 0.3) is 0 Å². The van der Waals surface area contributed by atoms with Crippen molar-refractivity contribution in [2.75, 3.05) is 18.4 Å². The average molecular weight is 461 g/mol. The summed E-state index contributed by atoms with van der Waals surface area (Å²) in [5.74, 6) is -3.26. The fraction of sp³-hybridized carbons (Fsp3) is 0.542. The van der Waals surface area contributed by atoms with Crippen LogP contribution in [0.4, 0.5) is 14.6 Å². The molecule has 2 unspecified atom stereocenters. The van der Waals surface area contributed by atoms with Gasteiger partial charge in [-0.2, -0.15) is 0 Å². The van der Waals surface area contributed by atoms with Crippen molar-refractivity contribution in [2.24, 2.45) is 0 Å². The first-order valence-electron chi connectivity index (χ1n) is 11.6. The van der Waals surface area contributed by atoms with Gasteiger partial charge in [-0.25, -0.2) is 13.8 Å². The van der Waals surface area contributed by atoms with Crippen molar-refractivity contribution in [1.29, 1.82) is 0 Å². The summed E-state index contributed by atoms with van der Waals surface area (Å²) in [6.45, 7) is 1.81. The van der Waals surface area contributed by atoms with Crippen LogP contribution in [0.5, 0.6) is 5.75 Å². The Labute approximate surface area is 191 Å². The minimum Gasteiger partial charge on any atom is -0.489 e. The number of pyridine rings is 2. The van der Waals surface area contributed by atoms with E-state index in [2.05, 4.69) is 15.3 Å². The summed E-state index contributed by atoms with van der Waals surface area (Å²) in [7, 11) is 0. The fourth-order valence-electron chi connectivity index (χ4n) is 4.56. The summed E-state index contributed by atoms with van der Waals surface area (Å²) >= 11 is 0. The topological polar surface area (TPSA) is 87.3 Å². The highest BCUT2D eigenvalue weighted by atomic mass is 19.3. The molecule has 4 rings (SSSR count). The van der Waals surface area contributed by atoms with Gasteiger partial charge in [0.1, 0.15) is 11.6 Å². The van der Waals surface area contributed by atoms with E-state index in [0.717, 1.165) is 12.8 Å². The molecule has 178 valence electrons. The molecule has 2 fully saturated rings. The lowest BCUT2D eigenvalue weighted by molar-refractivity contribution is -0.125. The van der Waals surface area contributed by atoms with E-state index in [1.54, 1.807) is 30.2 Å². The van der Waals surface area contributed by atoms with Crippen molar-refractivity contribution in [1.82, 2.24) is 14.9 Å². The molecule has 2 aliphatic rings. The number of rotatable bonds is 6. The Hall–Kier alpha value is -2.81. The third kappa shape index (κ3) is 5.76. The molecule has 33 heavy (non-hydrogen) atoms. The maximum atomic E-state index is 14.6. The van der Waals surface area contributed by atoms with E-state index in [1.807, 2.05) is 0 Å². The number of hydrogen-bond acceptors (Lipinski definition) is 5. The number of aromatic nitrogens is 2. The van der Waals surface area contributed by atoms with Crippen molar-refractivity contribution >= 4 is 11.7 Å². The Kier molecular flexibility index (Phi) is 7.07. The number of amides is 1. The van der Waals surface area contributed by atoms with Gasteiger partial charge >= 0.3 is 0 Å². The first-order chi connectivity index (χ1) is 15.8. The summed E-state index contributed by atoms with van der Waals surface area (Å²) in [5.41, 5.74) is 0.0114. The Morgan fingerprint density at radius 3 is 2.70 bits per heavy atom. The van der Waals surface area contributed by atoms with Crippen molar-refractivity contribution in [3.63, 3.8) is 0 Å². The molecule has 2 aromatic heterocycles. The maximum absolute atomic E-state index is 14.6. The van der Waals surface area contributed by atoms with Gasteiger partial charge < -0.3 is 15.0 Å². The van der Waals surface area contributed by atoms with Crippen LogP contribution in [0.2, 0.25) is 0 Å². The van der Waals surface area contributed by atoms with Crippen LogP contribution >= 0.6 is 0 Å². The van der Waals surface area contributed by atoms with E-state index in [-0.39, 0.29) is 37.1 Å². The molecule has 1 amide bonds. The van der Waals surface area contributed by atoms with Gasteiger partial charge in [0.2, 0.25) is 11.5 Å². The Bertz CT molecular complexity index is 985. The number of carbonyl (C=O) groups excluding carboxylic acids is 1. The number of H-pyrrole nitrogens is 1. The quantitative estimate of drug-likeness (QED) is 0.682. The molecule has 1 saturated carbocycles. The van der Waals surface area contributed by atoms with Crippen molar-refractivity contribution in [2.45, 2.75) is 69.4 Å². The minimum atomic E-state index is -2.92. The third-order valence-corrected chi connectivity index (χ3v) is 6.64. The summed E-state index contributed by atoms with van der Waals surface area (Å²) in [5, 5.41) is 2.77. The molecular weight excluding hydrogens is 430 g/mol. The molecule has 1 aliphatic heterocycles. The number of ether oxygens (including phenoxy) is 1. The SMILES string of the molecule is CC(C(=O)Nc1ccc(OC2CCCCC2)cn1)N1CCC(F)(F)C(c2ccc(=O)[nH]c2)C1. The van der Waals surface area contributed by atoms with E-state index in [9.17, 15) is 18.4 Å². The lowest BCUT2D eigenvalue weighted by Crippen LogP contribution is -2.52. The smallest absolute Gasteiger partial charge is 0.257 e. The van der Waals surface area contributed by atoms with Crippen LogP contribution in [0.1, 0.15) is 56.9 Å². The van der Waals surface area contributed by atoms with E-state index in [0.29, 0.717) is 17.1 Å². The van der Waals surface area contributed by atoms with Crippen LogP contribution in [0.3, 0.4) is 0 Å². The van der Waals surface area contributed by atoms with Crippen molar-refractivity contribution < 1.29 is 18.3 Å². The highest BCUT2D eigenvalue weighted by Gasteiger charge is 2.46. The number of alkyl halides is 2. The molecule has 0 radical (unpaired) electrons. The summed E-state index contributed by atoms with van der Waals surface area (Å²) in [4.78, 5) is 32.6. The monoisotopic (exact) mass is 460 g/mol. The van der Waals surface area contributed by atoms with Crippen molar-refractivity contribution in [3.05, 3.63) is 52.6 Å². The molecule has 2 atom stereocenters. The van der Waals surface area contributed by atoms with Gasteiger partial charge in [-0.1, -0.05) is 12.5 Å². The number of nitrogens with one attached hydrogen (secondary N) is 2. The van der Waals surface area contributed by atoms with Gasteiger partial charge in [0, 0.05) is 31.8 Å². The summed E-state index contributed by atoms with van der Waals surface area (Å²) < 4.78 is 35.2. The second-order valence-corrected chi connectivity index (χ2v) is 8.97. The summed E-state index contributed by atoms with van der Waals surface area (Å²) in [6, 6.07) is 5.53. The number of hydrogen-bond donors (Lipinski definition) is 2. The van der Waals surface area contributed by atoms with E-state index >= 15 is 0 Å². The fourth-order valence-corrected chi connectivity index (χ4v) is 4.56. The molecule has 0 aromatic carbocycles. The Balaban J connectivity index is 1.36. The molecule has 1 aliphatic carbocycles. The van der Waals surface area contributed by atoms with Gasteiger partial charge in [-0.3, -0.25) is 14.5 Å². The Morgan fingerprint density at radius 1 is 1.24 bits per heavy atom. The van der Waals surface area contributed by atoms with Crippen LogP contribution in [0.15, 0.2) is 41.5 Å². The zero-order valence-electron chi connectivity index (χ0n) is 18.7. The molecule has 0 spiro atoms. The second-order valence-electron chi connectivity index (χ2n) is 8.97. The highest BCUT2D eigenvalue weighted by molar-refractivity contribution is 5.93. The van der Waals surface area contributed by atoms with E-state index in [1.165, 1.54) is 37.6 Å². The molecule has 7 nitrogen and oxygen atoms in total. The molecular formula is C24H30F2N4O3. The molecule has 1 saturated heterocycles. The molecule has 0 bridgehead atoms. The third-order valence-electron chi connectivity index (χ3n) is 6.64. The first kappa shape index (κ1) is 23.4. The number of anilines is 1. The number of halogens is 2. The van der Waals surface area contributed by atoms with Crippen LogP contribution in [-0.2, 0) is 4.79 Å². The zero-order valence-corrected chi connectivity index (χ0v) is 18.7. The van der Waals surface area contributed by atoms with E-state index < -0.39 is 17.9 Å². The number of aromatic amines is 1. The minimum absolute atomic E-state index is 0.00915. The predicted molar refractivity (Wildman–Crippen MR) is 121 cm³/mol. The molecule has 2 aromatic rings. The van der Waals surface area contributed by atoms with Crippen molar-refractivity contribution in [3.8, 4) is 5.75 Å². The summed E-state index contributed by atoms with van der Waals surface area (Å²) in [6.07, 6.45) is 8.48. The second kappa shape index (κ2) is 9.99. The lowest BCUT2D eigenvalue weighted by Gasteiger charge is -2.40. The van der Waals surface area contributed by atoms with Crippen LogP contribution in [0, 0.1) is 0 Å². The van der Waals surface area contributed by atoms with Gasteiger partial charge in [-0.05, 0) is 50.3 Å². The first-order valence-corrected chi connectivity index (χ1v) is 11.6. The lowest BCUT2D eigenvalue weighted by atomic mass is 9.87. The normalized spacial score (nSPS) is 22.5. The van der Waals surface area contributed by atoms with E-state index in [4.69, 9.17) is 4.74 Å². The van der Waals surface area contributed by atoms with Gasteiger partial charge in [0.25, 0.3) is 5.92 Å².